The van der Waals surface area contributed by atoms with Crippen molar-refractivity contribution in [3.8, 4) is 0 Å². The maximum absolute atomic E-state index is 11.7. The molecule has 0 radical (unpaired) electrons. The van der Waals surface area contributed by atoms with Gasteiger partial charge in [0.2, 0.25) is 5.91 Å². The standard InChI is InChI=1S/C14H27N3O3S2/c1-14(2,3)20-13(19)16-4-6-21-22-7-5-17-10-11(9-15)8-12(17)18/h11H,4-10,15H2,1-3H3,(H,16,19). The van der Waals surface area contributed by atoms with Gasteiger partial charge < -0.3 is 20.7 Å². The predicted molar refractivity (Wildman–Crippen MR) is 92.9 cm³/mol. The maximum atomic E-state index is 11.7. The zero-order valence-corrected chi connectivity index (χ0v) is 15.2. The Bertz CT molecular complexity index is 375. The lowest BCUT2D eigenvalue weighted by atomic mass is 10.1. The molecule has 1 heterocycles. The first-order valence-corrected chi connectivity index (χ1v) is 9.99. The van der Waals surface area contributed by atoms with Crippen molar-refractivity contribution in [2.45, 2.75) is 32.8 Å². The van der Waals surface area contributed by atoms with Crippen LogP contribution in [0.1, 0.15) is 27.2 Å². The van der Waals surface area contributed by atoms with Crippen molar-refractivity contribution in [3.63, 3.8) is 0 Å². The van der Waals surface area contributed by atoms with E-state index in [0.29, 0.717) is 25.4 Å². The molecular weight excluding hydrogens is 322 g/mol. The van der Waals surface area contributed by atoms with Gasteiger partial charge in [-0.25, -0.2) is 4.79 Å². The van der Waals surface area contributed by atoms with E-state index < -0.39 is 5.60 Å². The van der Waals surface area contributed by atoms with Crippen LogP contribution in [0.15, 0.2) is 0 Å². The molecule has 1 atom stereocenters. The molecule has 1 saturated heterocycles. The highest BCUT2D eigenvalue weighted by Gasteiger charge is 2.27. The van der Waals surface area contributed by atoms with Gasteiger partial charge in [0.25, 0.3) is 0 Å². The molecule has 0 aromatic carbocycles. The Morgan fingerprint density at radius 2 is 2.09 bits per heavy atom. The van der Waals surface area contributed by atoms with E-state index in [1.807, 2.05) is 25.7 Å². The normalized spacial score (nSPS) is 18.6. The summed E-state index contributed by atoms with van der Waals surface area (Å²) < 4.78 is 5.14. The molecule has 8 heteroatoms. The first-order chi connectivity index (χ1) is 10.3. The highest BCUT2D eigenvalue weighted by Crippen LogP contribution is 2.22. The molecule has 128 valence electrons. The minimum atomic E-state index is -0.463. The fourth-order valence-electron chi connectivity index (χ4n) is 2.00. The summed E-state index contributed by atoms with van der Waals surface area (Å²) in [6, 6.07) is 0. The molecule has 0 aromatic rings. The number of rotatable bonds is 8. The van der Waals surface area contributed by atoms with Gasteiger partial charge in [-0.1, -0.05) is 21.6 Å². The second-order valence-corrected chi connectivity index (χ2v) is 8.92. The van der Waals surface area contributed by atoms with Crippen molar-refractivity contribution in [1.29, 1.82) is 0 Å². The fraction of sp³-hybridized carbons (Fsp3) is 0.857. The molecule has 1 rings (SSSR count). The van der Waals surface area contributed by atoms with Crippen LogP contribution in [-0.4, -0.2) is 60.2 Å². The molecule has 6 nitrogen and oxygen atoms in total. The van der Waals surface area contributed by atoms with E-state index in [1.54, 1.807) is 21.6 Å². The number of carbonyl (C=O) groups is 2. The summed E-state index contributed by atoms with van der Waals surface area (Å²) in [6.45, 7) is 8.24. The molecule has 0 bridgehead atoms. The number of ether oxygens (including phenoxy) is 1. The molecule has 3 N–H and O–H groups in total. The Labute approximate surface area is 140 Å². The number of nitrogens with zero attached hydrogens (tertiary/aromatic N) is 1. The second kappa shape index (κ2) is 9.52. The monoisotopic (exact) mass is 349 g/mol. The number of nitrogens with one attached hydrogen (secondary N) is 1. The van der Waals surface area contributed by atoms with Crippen LogP contribution in [0.2, 0.25) is 0 Å². The molecule has 2 amide bonds. The number of carbonyl (C=O) groups excluding carboxylic acids is 2. The molecule has 0 aliphatic carbocycles. The van der Waals surface area contributed by atoms with Gasteiger partial charge in [0.15, 0.2) is 0 Å². The average molecular weight is 350 g/mol. The third-order valence-corrected chi connectivity index (χ3v) is 5.40. The minimum absolute atomic E-state index is 0.215. The molecular formula is C14H27N3O3S2. The topological polar surface area (TPSA) is 84.7 Å². The highest BCUT2D eigenvalue weighted by molar-refractivity contribution is 8.76. The first-order valence-electron chi connectivity index (χ1n) is 7.51. The van der Waals surface area contributed by atoms with Crippen LogP contribution in [-0.2, 0) is 9.53 Å². The van der Waals surface area contributed by atoms with Crippen molar-refractivity contribution < 1.29 is 14.3 Å². The largest absolute Gasteiger partial charge is 0.444 e. The third-order valence-electron chi connectivity index (χ3n) is 3.01. The van der Waals surface area contributed by atoms with E-state index in [0.717, 1.165) is 24.6 Å². The zero-order valence-electron chi connectivity index (χ0n) is 13.6. The van der Waals surface area contributed by atoms with E-state index >= 15 is 0 Å². The van der Waals surface area contributed by atoms with Crippen LogP contribution < -0.4 is 11.1 Å². The van der Waals surface area contributed by atoms with Crippen LogP contribution >= 0.6 is 21.6 Å². The lowest BCUT2D eigenvalue weighted by Gasteiger charge is -2.19. The van der Waals surface area contributed by atoms with Crippen LogP contribution in [0.5, 0.6) is 0 Å². The fourth-order valence-corrected chi connectivity index (χ4v) is 3.90. The summed E-state index contributed by atoms with van der Waals surface area (Å²) >= 11 is 0. The SMILES string of the molecule is CC(C)(C)OC(=O)NCCSSCCN1CC(CN)CC1=O. The van der Waals surface area contributed by atoms with Crippen LogP contribution in [0.3, 0.4) is 0 Å². The van der Waals surface area contributed by atoms with Crippen LogP contribution in [0.25, 0.3) is 0 Å². The van der Waals surface area contributed by atoms with Gasteiger partial charge in [-0.2, -0.15) is 0 Å². The number of alkyl carbamates (subject to hydrolysis) is 1. The van der Waals surface area contributed by atoms with Crippen molar-refractivity contribution in [3.05, 3.63) is 0 Å². The summed E-state index contributed by atoms with van der Waals surface area (Å²) in [6.07, 6.45) is 0.210. The second-order valence-electron chi connectivity index (χ2n) is 6.22. The summed E-state index contributed by atoms with van der Waals surface area (Å²) in [5.41, 5.74) is 5.13. The zero-order chi connectivity index (χ0) is 16.6. The summed E-state index contributed by atoms with van der Waals surface area (Å²) in [5, 5.41) is 2.72. The van der Waals surface area contributed by atoms with E-state index in [2.05, 4.69) is 5.32 Å². The van der Waals surface area contributed by atoms with E-state index in [1.165, 1.54) is 0 Å². The summed E-state index contributed by atoms with van der Waals surface area (Å²) in [4.78, 5) is 25.0. The van der Waals surface area contributed by atoms with Crippen molar-refractivity contribution >= 4 is 33.6 Å². The Hall–Kier alpha value is -0.600. The molecule has 1 unspecified atom stereocenters. The van der Waals surface area contributed by atoms with Gasteiger partial charge >= 0.3 is 6.09 Å². The number of likely N-dealkylation sites (tertiary alicyclic amines) is 1. The van der Waals surface area contributed by atoms with E-state index in [4.69, 9.17) is 10.5 Å². The Morgan fingerprint density at radius 3 is 2.68 bits per heavy atom. The number of nitrogens with two attached hydrogens (primary N) is 1. The third kappa shape index (κ3) is 8.14. The minimum Gasteiger partial charge on any atom is -0.444 e. The van der Waals surface area contributed by atoms with Crippen molar-refractivity contribution in [2.24, 2.45) is 11.7 Å². The molecule has 1 aliphatic heterocycles. The number of hydrogen-bond donors (Lipinski definition) is 2. The van der Waals surface area contributed by atoms with Crippen LogP contribution in [0.4, 0.5) is 4.79 Å². The highest BCUT2D eigenvalue weighted by atomic mass is 33.1. The van der Waals surface area contributed by atoms with Crippen molar-refractivity contribution in [2.75, 3.05) is 37.7 Å². The summed E-state index contributed by atoms with van der Waals surface area (Å²) in [7, 11) is 3.40. The molecule has 0 spiro atoms. The summed E-state index contributed by atoms with van der Waals surface area (Å²) in [5.74, 6) is 2.24. The molecule has 0 aromatic heterocycles. The van der Waals surface area contributed by atoms with Gasteiger partial charge in [-0.15, -0.1) is 0 Å². The first kappa shape index (κ1) is 19.4. The Balaban J connectivity index is 1.98. The molecule has 22 heavy (non-hydrogen) atoms. The smallest absolute Gasteiger partial charge is 0.407 e. The predicted octanol–water partition coefficient (Wildman–Crippen LogP) is 1.70. The lowest BCUT2D eigenvalue weighted by Crippen LogP contribution is -2.33. The van der Waals surface area contributed by atoms with E-state index in [9.17, 15) is 9.59 Å². The van der Waals surface area contributed by atoms with Gasteiger partial charge in [0.1, 0.15) is 5.60 Å². The molecule has 1 fully saturated rings. The quantitative estimate of drug-likeness (QED) is 0.512. The van der Waals surface area contributed by atoms with Crippen LogP contribution in [0, 0.1) is 5.92 Å². The van der Waals surface area contributed by atoms with Gasteiger partial charge in [-0.05, 0) is 33.2 Å². The average Bonchev–Trinajstić information content (AvgIpc) is 2.76. The molecule has 0 saturated carbocycles. The lowest BCUT2D eigenvalue weighted by molar-refractivity contribution is -0.127. The molecule has 1 aliphatic rings. The van der Waals surface area contributed by atoms with Crippen molar-refractivity contribution in [1.82, 2.24) is 10.2 Å². The van der Waals surface area contributed by atoms with Gasteiger partial charge in [0, 0.05) is 37.6 Å². The van der Waals surface area contributed by atoms with E-state index in [-0.39, 0.29) is 12.0 Å². The maximum Gasteiger partial charge on any atom is 0.407 e. The van der Waals surface area contributed by atoms with Gasteiger partial charge in [0.05, 0.1) is 0 Å². The van der Waals surface area contributed by atoms with Gasteiger partial charge in [-0.3, -0.25) is 4.79 Å². The Morgan fingerprint density at radius 1 is 1.41 bits per heavy atom. The number of hydrogen-bond acceptors (Lipinski definition) is 6. The Kier molecular flexibility index (Phi) is 8.41. The number of amides is 2.